The van der Waals surface area contributed by atoms with Gasteiger partial charge in [0.2, 0.25) is 11.6 Å². The maximum absolute atomic E-state index is 13.3. The van der Waals surface area contributed by atoms with Crippen LogP contribution in [-0.4, -0.2) is 38.1 Å². The Balaban J connectivity index is 2.17. The van der Waals surface area contributed by atoms with Gasteiger partial charge < -0.3 is 14.2 Å². The molecule has 0 aromatic heterocycles. The molecule has 0 aliphatic carbocycles. The number of nitro benzene ring substituents is 1. The third-order valence-electron chi connectivity index (χ3n) is 3.62. The van der Waals surface area contributed by atoms with E-state index in [4.69, 9.17) is 14.2 Å². The van der Waals surface area contributed by atoms with Crippen LogP contribution in [0.1, 0.15) is 20.7 Å². The molecule has 0 spiro atoms. The SMILES string of the molecule is COc1cc(C(=O)NNC(=O)c2ccc(F)c([N+](=O)[O-])c2)cc(OC)c1OC. The van der Waals surface area contributed by atoms with E-state index >= 15 is 0 Å². The standard InChI is InChI=1S/C17H16FN3O7/c1-26-13-7-10(8-14(27-2)15(13)28-3)17(23)20-19-16(22)9-4-5-11(18)12(6-9)21(24)25/h4-8H,1-3H3,(H,19,22)(H,20,23). The molecule has 0 saturated carbocycles. The Morgan fingerprint density at radius 1 is 0.929 bits per heavy atom. The summed E-state index contributed by atoms with van der Waals surface area (Å²) in [7, 11) is 4.16. The van der Waals surface area contributed by atoms with Crippen molar-refractivity contribution in [2.75, 3.05) is 21.3 Å². The number of hydrogen-bond donors (Lipinski definition) is 2. The summed E-state index contributed by atoms with van der Waals surface area (Å²) in [4.78, 5) is 34.2. The summed E-state index contributed by atoms with van der Waals surface area (Å²) in [6, 6.07) is 5.32. The number of nitro groups is 1. The zero-order valence-corrected chi connectivity index (χ0v) is 15.1. The highest BCUT2D eigenvalue weighted by atomic mass is 19.1. The first-order valence-corrected chi connectivity index (χ1v) is 7.67. The zero-order chi connectivity index (χ0) is 20.8. The highest BCUT2D eigenvalue weighted by Crippen LogP contribution is 2.38. The van der Waals surface area contributed by atoms with E-state index in [2.05, 4.69) is 10.9 Å². The molecule has 2 rings (SSSR count). The number of nitrogens with one attached hydrogen (secondary N) is 2. The van der Waals surface area contributed by atoms with Crippen LogP contribution in [0.25, 0.3) is 0 Å². The van der Waals surface area contributed by atoms with Crippen molar-refractivity contribution >= 4 is 17.5 Å². The number of benzene rings is 2. The number of hydrogen-bond acceptors (Lipinski definition) is 7. The molecule has 2 N–H and O–H groups in total. The largest absolute Gasteiger partial charge is 0.493 e. The summed E-state index contributed by atoms with van der Waals surface area (Å²) in [5, 5.41) is 10.8. The van der Waals surface area contributed by atoms with Crippen LogP contribution in [0.5, 0.6) is 17.2 Å². The average Bonchev–Trinajstić information content (AvgIpc) is 2.70. The van der Waals surface area contributed by atoms with Crippen LogP contribution in [0.2, 0.25) is 0 Å². The van der Waals surface area contributed by atoms with Gasteiger partial charge in [-0.3, -0.25) is 30.6 Å². The molecule has 148 valence electrons. The van der Waals surface area contributed by atoms with Crippen LogP contribution >= 0.6 is 0 Å². The van der Waals surface area contributed by atoms with Gasteiger partial charge in [0.05, 0.1) is 26.3 Å². The second-order valence-electron chi connectivity index (χ2n) is 5.25. The second-order valence-corrected chi connectivity index (χ2v) is 5.25. The van der Waals surface area contributed by atoms with Crippen molar-refractivity contribution in [1.82, 2.24) is 10.9 Å². The number of methoxy groups -OCH3 is 3. The summed E-state index contributed by atoms with van der Waals surface area (Å²) >= 11 is 0. The fourth-order valence-electron chi connectivity index (χ4n) is 2.26. The number of ether oxygens (including phenoxy) is 3. The third kappa shape index (κ3) is 4.26. The van der Waals surface area contributed by atoms with Gasteiger partial charge in [-0.25, -0.2) is 0 Å². The molecule has 2 amide bonds. The van der Waals surface area contributed by atoms with Crippen LogP contribution in [0.4, 0.5) is 10.1 Å². The van der Waals surface area contributed by atoms with Crippen LogP contribution in [0, 0.1) is 15.9 Å². The highest BCUT2D eigenvalue weighted by Gasteiger charge is 2.20. The molecule has 0 bridgehead atoms. The van der Waals surface area contributed by atoms with Crippen molar-refractivity contribution in [3.05, 3.63) is 57.4 Å². The lowest BCUT2D eigenvalue weighted by Crippen LogP contribution is -2.41. The predicted octanol–water partition coefficient (Wildman–Crippen LogP) is 1.83. The Bertz CT molecular complexity index is 908. The molecule has 2 aromatic carbocycles. The number of rotatable bonds is 6. The number of carbonyl (C=O) groups excluding carboxylic acids is 2. The van der Waals surface area contributed by atoms with E-state index in [9.17, 15) is 24.1 Å². The van der Waals surface area contributed by atoms with Crippen molar-refractivity contribution < 1.29 is 33.1 Å². The highest BCUT2D eigenvalue weighted by molar-refractivity contribution is 6.00. The molecule has 0 fully saturated rings. The lowest BCUT2D eigenvalue weighted by atomic mass is 10.1. The second kappa shape index (κ2) is 8.66. The summed E-state index contributed by atoms with van der Waals surface area (Å²) in [5.74, 6) is -1.93. The Kier molecular flexibility index (Phi) is 6.32. The van der Waals surface area contributed by atoms with Gasteiger partial charge >= 0.3 is 5.69 Å². The van der Waals surface area contributed by atoms with Crippen molar-refractivity contribution in [2.45, 2.75) is 0 Å². The Hall–Kier alpha value is -3.89. The molecule has 28 heavy (non-hydrogen) atoms. The summed E-state index contributed by atoms with van der Waals surface area (Å²) in [6.45, 7) is 0. The van der Waals surface area contributed by atoms with E-state index in [-0.39, 0.29) is 28.4 Å². The smallest absolute Gasteiger partial charge is 0.305 e. The van der Waals surface area contributed by atoms with Gasteiger partial charge in [-0.2, -0.15) is 4.39 Å². The minimum absolute atomic E-state index is 0.0832. The number of carbonyl (C=O) groups is 2. The molecule has 10 nitrogen and oxygen atoms in total. The Morgan fingerprint density at radius 3 is 1.93 bits per heavy atom. The van der Waals surface area contributed by atoms with E-state index < -0.39 is 28.2 Å². The molecule has 0 aliphatic heterocycles. The van der Waals surface area contributed by atoms with Gasteiger partial charge in [0, 0.05) is 17.2 Å². The van der Waals surface area contributed by atoms with Gasteiger partial charge in [0.1, 0.15) is 0 Å². The number of hydrazine groups is 1. The molecule has 0 atom stereocenters. The molecule has 0 heterocycles. The van der Waals surface area contributed by atoms with E-state index in [0.29, 0.717) is 0 Å². The number of nitrogens with zero attached hydrogens (tertiary/aromatic N) is 1. The van der Waals surface area contributed by atoms with Crippen LogP contribution in [0.15, 0.2) is 30.3 Å². The van der Waals surface area contributed by atoms with Crippen molar-refractivity contribution in [1.29, 1.82) is 0 Å². The minimum atomic E-state index is -1.08. The maximum atomic E-state index is 13.3. The fourth-order valence-corrected chi connectivity index (χ4v) is 2.26. The maximum Gasteiger partial charge on any atom is 0.305 e. The van der Waals surface area contributed by atoms with Crippen LogP contribution in [0.3, 0.4) is 0 Å². The molecule has 0 unspecified atom stereocenters. The number of halogens is 1. The first-order valence-electron chi connectivity index (χ1n) is 7.67. The average molecular weight is 393 g/mol. The van der Waals surface area contributed by atoms with Crippen molar-refractivity contribution in [3.63, 3.8) is 0 Å². The van der Waals surface area contributed by atoms with Crippen LogP contribution < -0.4 is 25.1 Å². The first-order chi connectivity index (χ1) is 13.3. The molecule has 0 aliphatic rings. The summed E-state index contributed by atoms with van der Waals surface area (Å²) in [5.41, 5.74) is 3.25. The zero-order valence-electron chi connectivity index (χ0n) is 15.1. The predicted molar refractivity (Wildman–Crippen MR) is 94.1 cm³/mol. The van der Waals surface area contributed by atoms with E-state index in [0.717, 1.165) is 18.2 Å². The topological polar surface area (TPSA) is 129 Å². The van der Waals surface area contributed by atoms with Crippen molar-refractivity contribution in [3.8, 4) is 17.2 Å². The molecule has 11 heteroatoms. The molecular weight excluding hydrogens is 377 g/mol. The Labute approximate surface area is 158 Å². The fraction of sp³-hybridized carbons (Fsp3) is 0.176. The Morgan fingerprint density at radius 2 is 1.46 bits per heavy atom. The third-order valence-corrected chi connectivity index (χ3v) is 3.62. The van der Waals surface area contributed by atoms with E-state index in [1.54, 1.807) is 0 Å². The number of amides is 2. The molecule has 0 saturated heterocycles. The van der Waals surface area contributed by atoms with E-state index in [1.165, 1.54) is 33.5 Å². The van der Waals surface area contributed by atoms with E-state index in [1.807, 2.05) is 0 Å². The molecule has 2 aromatic rings. The monoisotopic (exact) mass is 393 g/mol. The molecule has 0 radical (unpaired) electrons. The summed E-state index contributed by atoms with van der Waals surface area (Å²) in [6.07, 6.45) is 0. The van der Waals surface area contributed by atoms with Gasteiger partial charge in [-0.1, -0.05) is 0 Å². The van der Waals surface area contributed by atoms with Crippen LogP contribution in [-0.2, 0) is 0 Å². The minimum Gasteiger partial charge on any atom is -0.493 e. The normalized spacial score (nSPS) is 10.0. The summed E-state index contributed by atoms with van der Waals surface area (Å²) < 4.78 is 28.8. The molecular formula is C17H16FN3O7. The first kappa shape index (κ1) is 20.4. The van der Waals surface area contributed by atoms with Gasteiger partial charge in [-0.05, 0) is 24.3 Å². The quantitative estimate of drug-likeness (QED) is 0.566. The van der Waals surface area contributed by atoms with Gasteiger partial charge in [0.15, 0.2) is 11.5 Å². The van der Waals surface area contributed by atoms with Crippen molar-refractivity contribution in [2.24, 2.45) is 0 Å². The lowest BCUT2D eigenvalue weighted by Gasteiger charge is -2.14. The lowest BCUT2D eigenvalue weighted by molar-refractivity contribution is -0.387. The van der Waals surface area contributed by atoms with Gasteiger partial charge in [0.25, 0.3) is 11.8 Å². The van der Waals surface area contributed by atoms with Gasteiger partial charge in [-0.15, -0.1) is 0 Å².